The largest absolute Gasteiger partial charge is 0.454 e. The summed E-state index contributed by atoms with van der Waals surface area (Å²) in [5.74, 6) is 0.552. The van der Waals surface area contributed by atoms with E-state index in [9.17, 15) is 4.39 Å². The molecule has 0 fully saturated rings. The lowest BCUT2D eigenvalue weighted by Gasteiger charge is -2.12. The monoisotopic (exact) mass is 273 g/mol. The highest BCUT2D eigenvalue weighted by Gasteiger charge is 2.06. The molecule has 20 heavy (non-hydrogen) atoms. The molecule has 0 aliphatic heterocycles. The Labute approximate surface area is 119 Å². The van der Waals surface area contributed by atoms with Gasteiger partial charge in [-0.2, -0.15) is 0 Å². The number of rotatable bonds is 5. The zero-order valence-electron chi connectivity index (χ0n) is 12.1. The van der Waals surface area contributed by atoms with Gasteiger partial charge in [-0.05, 0) is 42.3 Å². The lowest BCUT2D eigenvalue weighted by atomic mass is 10.1. The summed E-state index contributed by atoms with van der Waals surface area (Å²) >= 11 is 0. The molecule has 0 unspecified atom stereocenters. The Balaban J connectivity index is 2.11. The van der Waals surface area contributed by atoms with Crippen molar-refractivity contribution >= 4 is 0 Å². The van der Waals surface area contributed by atoms with Crippen LogP contribution in [0.25, 0.3) is 0 Å². The van der Waals surface area contributed by atoms with Crippen LogP contribution in [0.15, 0.2) is 42.5 Å². The van der Waals surface area contributed by atoms with Gasteiger partial charge in [0, 0.05) is 12.6 Å². The second kappa shape index (κ2) is 6.53. The number of nitrogens with one attached hydrogen (secondary N) is 1. The minimum absolute atomic E-state index is 0.250. The molecule has 0 saturated carbocycles. The molecule has 0 atom stereocenters. The Kier molecular flexibility index (Phi) is 4.74. The smallest absolute Gasteiger partial charge is 0.165 e. The van der Waals surface area contributed by atoms with Gasteiger partial charge in [0.2, 0.25) is 0 Å². The fraction of sp³-hybridized carbons (Fsp3) is 0.294. The third kappa shape index (κ3) is 3.81. The van der Waals surface area contributed by atoms with Crippen molar-refractivity contribution in [1.29, 1.82) is 0 Å². The van der Waals surface area contributed by atoms with E-state index < -0.39 is 0 Å². The van der Waals surface area contributed by atoms with Gasteiger partial charge < -0.3 is 10.1 Å². The lowest BCUT2D eigenvalue weighted by molar-refractivity contribution is 0.441. The van der Waals surface area contributed by atoms with Crippen LogP contribution in [0.2, 0.25) is 0 Å². The first kappa shape index (κ1) is 14.5. The molecule has 2 aromatic carbocycles. The maximum absolute atomic E-state index is 13.5. The molecule has 3 heteroatoms. The molecule has 0 aliphatic carbocycles. The fourth-order valence-corrected chi connectivity index (χ4v) is 1.90. The van der Waals surface area contributed by atoms with Crippen LogP contribution in [-0.2, 0) is 6.54 Å². The normalized spacial score (nSPS) is 10.8. The van der Waals surface area contributed by atoms with Crippen molar-refractivity contribution in [1.82, 2.24) is 5.32 Å². The van der Waals surface area contributed by atoms with E-state index in [1.807, 2.05) is 25.1 Å². The Morgan fingerprint density at radius 1 is 1.15 bits per heavy atom. The van der Waals surface area contributed by atoms with Gasteiger partial charge >= 0.3 is 0 Å². The molecule has 0 amide bonds. The van der Waals surface area contributed by atoms with Crippen LogP contribution in [0.4, 0.5) is 4.39 Å². The molecule has 2 nitrogen and oxygen atoms in total. The van der Waals surface area contributed by atoms with E-state index in [1.165, 1.54) is 11.6 Å². The third-order valence-electron chi connectivity index (χ3n) is 3.08. The summed E-state index contributed by atoms with van der Waals surface area (Å²) in [5, 5.41) is 3.38. The molecule has 0 bridgehead atoms. The van der Waals surface area contributed by atoms with Crippen LogP contribution < -0.4 is 10.1 Å². The predicted octanol–water partition coefficient (Wildman–Crippen LogP) is 4.42. The van der Waals surface area contributed by atoms with Crippen molar-refractivity contribution < 1.29 is 9.13 Å². The topological polar surface area (TPSA) is 21.3 Å². The number of benzene rings is 2. The molecule has 0 heterocycles. The van der Waals surface area contributed by atoms with Crippen molar-refractivity contribution in [2.45, 2.75) is 33.4 Å². The maximum Gasteiger partial charge on any atom is 0.165 e. The van der Waals surface area contributed by atoms with Gasteiger partial charge in [0.1, 0.15) is 5.75 Å². The number of hydrogen-bond donors (Lipinski definition) is 1. The van der Waals surface area contributed by atoms with Crippen molar-refractivity contribution in [2.75, 3.05) is 0 Å². The second-order valence-corrected chi connectivity index (χ2v) is 5.16. The molecule has 0 radical (unpaired) electrons. The summed E-state index contributed by atoms with van der Waals surface area (Å²) < 4.78 is 19.1. The van der Waals surface area contributed by atoms with Crippen molar-refractivity contribution in [3.8, 4) is 11.5 Å². The van der Waals surface area contributed by atoms with Crippen LogP contribution in [0.1, 0.15) is 25.0 Å². The molecule has 0 saturated heterocycles. The Morgan fingerprint density at radius 2 is 1.90 bits per heavy atom. The van der Waals surface area contributed by atoms with Gasteiger partial charge in [-0.15, -0.1) is 0 Å². The zero-order valence-corrected chi connectivity index (χ0v) is 12.1. The Bertz CT molecular complexity index is 581. The van der Waals surface area contributed by atoms with E-state index in [0.717, 1.165) is 12.1 Å². The molecule has 2 aromatic rings. The SMILES string of the molecule is Cc1cc(Oc2ccccc2F)ccc1CNC(C)C. The molecule has 0 spiro atoms. The van der Waals surface area contributed by atoms with E-state index in [2.05, 4.69) is 19.2 Å². The first-order valence-electron chi connectivity index (χ1n) is 6.81. The Hall–Kier alpha value is -1.87. The highest BCUT2D eigenvalue weighted by atomic mass is 19.1. The molecule has 0 aliphatic rings. The van der Waals surface area contributed by atoms with Gasteiger partial charge in [0.05, 0.1) is 0 Å². The minimum Gasteiger partial charge on any atom is -0.454 e. The Morgan fingerprint density at radius 3 is 2.55 bits per heavy atom. The van der Waals surface area contributed by atoms with Crippen molar-refractivity contribution in [3.63, 3.8) is 0 Å². The molecular formula is C17H20FNO. The summed E-state index contributed by atoms with van der Waals surface area (Å²) in [7, 11) is 0. The zero-order chi connectivity index (χ0) is 14.5. The summed E-state index contributed by atoms with van der Waals surface area (Å²) in [5.41, 5.74) is 2.35. The highest BCUT2D eigenvalue weighted by Crippen LogP contribution is 2.25. The molecule has 0 aromatic heterocycles. The standard InChI is InChI=1S/C17H20FNO/c1-12(2)19-11-14-8-9-15(10-13(14)3)20-17-7-5-4-6-16(17)18/h4-10,12,19H,11H2,1-3H3. The second-order valence-electron chi connectivity index (χ2n) is 5.16. The first-order chi connectivity index (χ1) is 9.56. The summed E-state index contributed by atoms with van der Waals surface area (Å²) in [4.78, 5) is 0. The molecule has 2 rings (SSSR count). The quantitative estimate of drug-likeness (QED) is 0.870. The number of aryl methyl sites for hydroxylation is 1. The van der Waals surface area contributed by atoms with Crippen LogP contribution in [0.3, 0.4) is 0 Å². The van der Waals surface area contributed by atoms with Crippen LogP contribution in [0, 0.1) is 12.7 Å². The van der Waals surface area contributed by atoms with Crippen LogP contribution in [-0.4, -0.2) is 6.04 Å². The summed E-state index contributed by atoms with van der Waals surface area (Å²) in [6.45, 7) is 7.09. The van der Waals surface area contributed by atoms with Crippen LogP contribution in [0.5, 0.6) is 11.5 Å². The molecule has 106 valence electrons. The van der Waals surface area contributed by atoms with E-state index >= 15 is 0 Å². The van der Waals surface area contributed by atoms with Crippen molar-refractivity contribution in [2.24, 2.45) is 0 Å². The van der Waals surface area contributed by atoms with Gasteiger partial charge in [0.15, 0.2) is 11.6 Å². The molecule has 1 N–H and O–H groups in total. The number of para-hydroxylation sites is 1. The van der Waals surface area contributed by atoms with Gasteiger partial charge in [-0.1, -0.05) is 32.0 Å². The summed E-state index contributed by atoms with van der Waals surface area (Å²) in [6.07, 6.45) is 0. The lowest BCUT2D eigenvalue weighted by Crippen LogP contribution is -2.22. The predicted molar refractivity (Wildman–Crippen MR) is 79.6 cm³/mol. The van der Waals surface area contributed by atoms with Gasteiger partial charge in [0.25, 0.3) is 0 Å². The average Bonchev–Trinajstić information content (AvgIpc) is 2.40. The third-order valence-corrected chi connectivity index (χ3v) is 3.08. The van der Waals surface area contributed by atoms with E-state index in [0.29, 0.717) is 11.8 Å². The fourth-order valence-electron chi connectivity index (χ4n) is 1.90. The van der Waals surface area contributed by atoms with E-state index in [-0.39, 0.29) is 11.6 Å². The van der Waals surface area contributed by atoms with Crippen LogP contribution >= 0.6 is 0 Å². The van der Waals surface area contributed by atoms with Gasteiger partial charge in [-0.3, -0.25) is 0 Å². The highest BCUT2D eigenvalue weighted by molar-refractivity contribution is 5.38. The van der Waals surface area contributed by atoms with Crippen molar-refractivity contribution in [3.05, 3.63) is 59.4 Å². The van der Waals surface area contributed by atoms with E-state index in [4.69, 9.17) is 4.74 Å². The maximum atomic E-state index is 13.5. The number of hydrogen-bond acceptors (Lipinski definition) is 2. The first-order valence-corrected chi connectivity index (χ1v) is 6.81. The average molecular weight is 273 g/mol. The molecular weight excluding hydrogens is 253 g/mol. The number of halogens is 1. The van der Waals surface area contributed by atoms with E-state index in [1.54, 1.807) is 18.2 Å². The number of ether oxygens (including phenoxy) is 1. The van der Waals surface area contributed by atoms with Gasteiger partial charge in [-0.25, -0.2) is 4.39 Å². The minimum atomic E-state index is -0.351. The summed E-state index contributed by atoms with van der Waals surface area (Å²) in [6, 6.07) is 12.7.